The number of nitrogen functional groups attached to an aromatic ring is 1. The van der Waals surface area contributed by atoms with E-state index in [0.717, 1.165) is 6.20 Å². The Labute approximate surface area is 81.1 Å². The minimum atomic E-state index is -2.80. The number of alkyl halides is 3. The molecule has 0 aromatic carbocycles. The first kappa shape index (κ1) is 10.3. The molecule has 0 saturated heterocycles. The highest BCUT2D eigenvalue weighted by molar-refractivity contribution is 9.08. The van der Waals surface area contributed by atoms with Crippen LogP contribution in [0.3, 0.4) is 0 Å². The lowest BCUT2D eigenvalue weighted by Crippen LogP contribution is -2.03. The average molecular weight is 255 g/mol. The standard InChI is InChI=1S/C7H6BrF3N2/c8-1-4-5(9)6(12)3(2-13-4)7(10)11/h2,7H,1H2,(H2,12,13). The second kappa shape index (κ2) is 3.95. The van der Waals surface area contributed by atoms with Crippen molar-refractivity contribution in [1.29, 1.82) is 0 Å². The van der Waals surface area contributed by atoms with E-state index in [9.17, 15) is 13.2 Å². The van der Waals surface area contributed by atoms with Crippen molar-refractivity contribution in [2.45, 2.75) is 11.8 Å². The molecule has 1 heterocycles. The molecule has 0 unspecified atom stereocenters. The van der Waals surface area contributed by atoms with Gasteiger partial charge in [-0.1, -0.05) is 15.9 Å². The van der Waals surface area contributed by atoms with Crippen molar-refractivity contribution in [2.24, 2.45) is 0 Å². The maximum absolute atomic E-state index is 13.1. The lowest BCUT2D eigenvalue weighted by molar-refractivity contribution is 0.151. The van der Waals surface area contributed by atoms with Gasteiger partial charge in [0.15, 0.2) is 5.82 Å². The van der Waals surface area contributed by atoms with E-state index in [2.05, 4.69) is 20.9 Å². The average Bonchev–Trinajstić information content (AvgIpc) is 2.09. The summed E-state index contributed by atoms with van der Waals surface area (Å²) in [5.74, 6) is -0.880. The van der Waals surface area contributed by atoms with Crippen LogP contribution in [0.2, 0.25) is 0 Å². The monoisotopic (exact) mass is 254 g/mol. The number of halogens is 4. The molecule has 2 nitrogen and oxygen atoms in total. The first-order chi connectivity index (χ1) is 6.07. The number of nitrogens with zero attached hydrogens (tertiary/aromatic N) is 1. The molecule has 72 valence electrons. The van der Waals surface area contributed by atoms with Crippen molar-refractivity contribution in [3.63, 3.8) is 0 Å². The second-order valence-electron chi connectivity index (χ2n) is 2.32. The lowest BCUT2D eigenvalue weighted by atomic mass is 10.2. The van der Waals surface area contributed by atoms with E-state index in [4.69, 9.17) is 5.73 Å². The van der Waals surface area contributed by atoms with Gasteiger partial charge < -0.3 is 5.73 Å². The number of rotatable bonds is 2. The molecule has 1 aromatic rings. The van der Waals surface area contributed by atoms with Crippen molar-refractivity contribution >= 4 is 21.6 Å². The van der Waals surface area contributed by atoms with Gasteiger partial charge in [-0.2, -0.15) is 0 Å². The van der Waals surface area contributed by atoms with Crippen LogP contribution in [0.1, 0.15) is 17.7 Å². The van der Waals surface area contributed by atoms with Gasteiger partial charge in [-0.25, -0.2) is 13.2 Å². The summed E-state index contributed by atoms with van der Waals surface area (Å²) in [6.07, 6.45) is -1.91. The van der Waals surface area contributed by atoms with Gasteiger partial charge in [0.1, 0.15) is 0 Å². The zero-order chi connectivity index (χ0) is 10.0. The molecular formula is C7H6BrF3N2. The van der Waals surface area contributed by atoms with Gasteiger partial charge >= 0.3 is 0 Å². The summed E-state index contributed by atoms with van der Waals surface area (Å²) in [7, 11) is 0. The molecule has 6 heteroatoms. The Morgan fingerprint density at radius 3 is 2.62 bits per heavy atom. The van der Waals surface area contributed by atoms with E-state index in [-0.39, 0.29) is 11.0 Å². The normalized spacial score (nSPS) is 10.8. The van der Waals surface area contributed by atoms with Crippen LogP contribution in [-0.4, -0.2) is 4.98 Å². The lowest BCUT2D eigenvalue weighted by Gasteiger charge is -2.06. The first-order valence-corrected chi connectivity index (χ1v) is 4.47. The molecule has 0 aliphatic heterocycles. The van der Waals surface area contributed by atoms with Gasteiger partial charge in [0.25, 0.3) is 6.43 Å². The van der Waals surface area contributed by atoms with E-state index in [1.54, 1.807) is 0 Å². The van der Waals surface area contributed by atoms with Crippen molar-refractivity contribution in [1.82, 2.24) is 4.98 Å². The Kier molecular flexibility index (Phi) is 3.13. The Morgan fingerprint density at radius 1 is 1.54 bits per heavy atom. The summed E-state index contributed by atoms with van der Waals surface area (Å²) < 4.78 is 37.4. The van der Waals surface area contributed by atoms with Crippen LogP contribution in [-0.2, 0) is 5.33 Å². The molecule has 0 bridgehead atoms. The molecular weight excluding hydrogens is 249 g/mol. The summed E-state index contributed by atoms with van der Waals surface area (Å²) in [6.45, 7) is 0. The van der Waals surface area contributed by atoms with Crippen molar-refractivity contribution in [2.75, 3.05) is 5.73 Å². The maximum Gasteiger partial charge on any atom is 0.267 e. The molecule has 1 aromatic heterocycles. The summed E-state index contributed by atoms with van der Waals surface area (Å²) in [4.78, 5) is 3.50. The number of anilines is 1. The predicted octanol–water partition coefficient (Wildman–Crippen LogP) is 2.64. The molecule has 1 rings (SSSR count). The summed E-state index contributed by atoms with van der Waals surface area (Å²) in [6, 6.07) is 0. The van der Waals surface area contributed by atoms with Crippen molar-refractivity contribution in [3.05, 3.63) is 23.3 Å². The fourth-order valence-corrected chi connectivity index (χ4v) is 1.21. The smallest absolute Gasteiger partial charge is 0.267 e. The largest absolute Gasteiger partial charge is 0.396 e. The molecule has 13 heavy (non-hydrogen) atoms. The SMILES string of the molecule is Nc1c(C(F)F)cnc(CBr)c1F. The fourth-order valence-electron chi connectivity index (χ4n) is 0.823. The van der Waals surface area contributed by atoms with Crippen molar-refractivity contribution < 1.29 is 13.2 Å². The number of aromatic nitrogens is 1. The Morgan fingerprint density at radius 2 is 2.15 bits per heavy atom. The highest BCUT2D eigenvalue weighted by atomic mass is 79.9. The summed E-state index contributed by atoms with van der Waals surface area (Å²) in [5.41, 5.74) is 4.08. The number of hydrogen-bond donors (Lipinski definition) is 1. The third kappa shape index (κ3) is 1.93. The molecule has 0 radical (unpaired) electrons. The molecule has 2 N–H and O–H groups in total. The third-order valence-corrected chi connectivity index (χ3v) is 2.05. The zero-order valence-corrected chi connectivity index (χ0v) is 7.98. The quantitative estimate of drug-likeness (QED) is 0.825. The third-order valence-electron chi connectivity index (χ3n) is 1.52. The molecule has 0 saturated carbocycles. The maximum atomic E-state index is 13.1. The molecule has 0 aliphatic carbocycles. The molecule has 0 spiro atoms. The van der Waals surface area contributed by atoms with E-state index < -0.39 is 23.5 Å². The topological polar surface area (TPSA) is 38.9 Å². The highest BCUT2D eigenvalue weighted by Crippen LogP contribution is 2.27. The van der Waals surface area contributed by atoms with E-state index in [1.165, 1.54) is 0 Å². The molecule has 0 fully saturated rings. The summed E-state index contributed by atoms with van der Waals surface area (Å²) >= 11 is 2.96. The van der Waals surface area contributed by atoms with Gasteiger partial charge in [0.05, 0.1) is 16.9 Å². The van der Waals surface area contributed by atoms with E-state index >= 15 is 0 Å². The van der Waals surface area contributed by atoms with Gasteiger partial charge in [0.2, 0.25) is 0 Å². The summed E-state index contributed by atoms with van der Waals surface area (Å²) in [5, 5.41) is 0.145. The van der Waals surface area contributed by atoms with Crippen molar-refractivity contribution in [3.8, 4) is 0 Å². The number of pyridine rings is 1. The van der Waals surface area contributed by atoms with Gasteiger partial charge in [-0.05, 0) is 0 Å². The number of nitrogens with two attached hydrogens (primary N) is 1. The van der Waals surface area contributed by atoms with Gasteiger partial charge in [-0.15, -0.1) is 0 Å². The van der Waals surface area contributed by atoms with E-state index in [1.807, 2.05) is 0 Å². The minimum Gasteiger partial charge on any atom is -0.396 e. The molecule has 0 aliphatic rings. The van der Waals surface area contributed by atoms with Crippen LogP contribution in [0.4, 0.5) is 18.9 Å². The highest BCUT2D eigenvalue weighted by Gasteiger charge is 2.17. The Bertz CT molecular complexity index is 317. The van der Waals surface area contributed by atoms with Gasteiger partial charge in [0, 0.05) is 11.5 Å². The fraction of sp³-hybridized carbons (Fsp3) is 0.286. The first-order valence-electron chi connectivity index (χ1n) is 3.34. The second-order valence-corrected chi connectivity index (χ2v) is 2.88. The van der Waals surface area contributed by atoms with E-state index in [0.29, 0.717) is 0 Å². The van der Waals surface area contributed by atoms with Crippen LogP contribution >= 0.6 is 15.9 Å². The molecule has 0 atom stereocenters. The Balaban J connectivity index is 3.23. The number of hydrogen-bond acceptors (Lipinski definition) is 2. The van der Waals surface area contributed by atoms with Crippen LogP contribution in [0, 0.1) is 5.82 Å². The van der Waals surface area contributed by atoms with Crippen LogP contribution in [0.15, 0.2) is 6.20 Å². The van der Waals surface area contributed by atoms with Crippen LogP contribution < -0.4 is 5.73 Å². The Hall–Kier alpha value is -0.780. The molecule has 0 amide bonds. The van der Waals surface area contributed by atoms with Crippen LogP contribution in [0.5, 0.6) is 0 Å². The zero-order valence-electron chi connectivity index (χ0n) is 6.40. The predicted molar refractivity (Wildman–Crippen MR) is 46.2 cm³/mol. The minimum absolute atomic E-state index is 0.0295. The van der Waals surface area contributed by atoms with Crippen LogP contribution in [0.25, 0.3) is 0 Å². The van der Waals surface area contributed by atoms with Gasteiger partial charge in [-0.3, -0.25) is 4.98 Å².